The zero-order valence-electron chi connectivity index (χ0n) is 14.8. The standard InChI is InChI=1S/C19H20Cl2N2O3S/c1-13-8-10-23(11-9-13)27(25,26)16-5-2-14(3-6-16)19(24)22-18-7-4-15(20)12-17(18)21/h2-7,12-13H,8-11H2,1H3,(H,22,24). The summed E-state index contributed by atoms with van der Waals surface area (Å²) in [6, 6.07) is 10.7. The van der Waals surface area contributed by atoms with Gasteiger partial charge in [0, 0.05) is 23.7 Å². The van der Waals surface area contributed by atoms with E-state index in [2.05, 4.69) is 12.2 Å². The van der Waals surface area contributed by atoms with Crippen molar-refractivity contribution >= 4 is 44.8 Å². The SMILES string of the molecule is CC1CCN(S(=O)(=O)c2ccc(C(=O)Nc3ccc(Cl)cc3Cl)cc2)CC1. The molecule has 0 bridgehead atoms. The largest absolute Gasteiger partial charge is 0.321 e. The summed E-state index contributed by atoms with van der Waals surface area (Å²) in [7, 11) is -3.53. The van der Waals surface area contributed by atoms with E-state index >= 15 is 0 Å². The van der Waals surface area contributed by atoms with Gasteiger partial charge in [0.15, 0.2) is 0 Å². The van der Waals surface area contributed by atoms with Gasteiger partial charge in [-0.05, 0) is 61.2 Å². The fourth-order valence-electron chi connectivity index (χ4n) is 2.94. The van der Waals surface area contributed by atoms with Crippen LogP contribution in [0.4, 0.5) is 5.69 Å². The molecular formula is C19H20Cl2N2O3S. The quantitative estimate of drug-likeness (QED) is 0.772. The van der Waals surface area contributed by atoms with Gasteiger partial charge in [0.2, 0.25) is 10.0 Å². The number of benzene rings is 2. The summed E-state index contributed by atoms with van der Waals surface area (Å²) in [4.78, 5) is 12.6. The van der Waals surface area contributed by atoms with Crippen molar-refractivity contribution < 1.29 is 13.2 Å². The first-order valence-electron chi connectivity index (χ1n) is 8.64. The second-order valence-corrected chi connectivity index (χ2v) is 9.47. The summed E-state index contributed by atoms with van der Waals surface area (Å²) in [5.74, 6) is 0.164. The van der Waals surface area contributed by atoms with E-state index in [1.165, 1.54) is 34.6 Å². The number of halogens is 2. The Labute approximate surface area is 169 Å². The second-order valence-electron chi connectivity index (χ2n) is 6.69. The topological polar surface area (TPSA) is 66.5 Å². The van der Waals surface area contributed by atoms with Crippen molar-refractivity contribution in [2.24, 2.45) is 5.92 Å². The molecule has 0 aromatic heterocycles. The van der Waals surface area contributed by atoms with E-state index in [4.69, 9.17) is 23.2 Å². The number of anilines is 1. The molecule has 1 saturated heterocycles. The van der Waals surface area contributed by atoms with E-state index in [9.17, 15) is 13.2 Å². The first kappa shape index (κ1) is 20.1. The van der Waals surface area contributed by atoms with Crippen LogP contribution in [-0.2, 0) is 10.0 Å². The fraction of sp³-hybridized carbons (Fsp3) is 0.316. The predicted molar refractivity (Wildman–Crippen MR) is 108 cm³/mol. The fourth-order valence-corrected chi connectivity index (χ4v) is 4.86. The monoisotopic (exact) mass is 426 g/mol. The van der Waals surface area contributed by atoms with Crippen LogP contribution in [0.2, 0.25) is 10.0 Å². The van der Waals surface area contributed by atoms with Crippen LogP contribution in [0.5, 0.6) is 0 Å². The number of sulfonamides is 1. The number of hydrogen-bond acceptors (Lipinski definition) is 3. The van der Waals surface area contributed by atoms with E-state index in [0.29, 0.717) is 40.3 Å². The molecule has 1 fully saturated rings. The smallest absolute Gasteiger partial charge is 0.255 e. The molecule has 0 radical (unpaired) electrons. The predicted octanol–water partition coefficient (Wildman–Crippen LogP) is 4.67. The highest BCUT2D eigenvalue weighted by molar-refractivity contribution is 7.89. The van der Waals surface area contributed by atoms with Crippen LogP contribution in [-0.4, -0.2) is 31.7 Å². The van der Waals surface area contributed by atoms with Crippen LogP contribution in [0.15, 0.2) is 47.4 Å². The van der Waals surface area contributed by atoms with Crippen molar-refractivity contribution in [3.05, 3.63) is 58.1 Å². The van der Waals surface area contributed by atoms with E-state index in [0.717, 1.165) is 12.8 Å². The summed E-state index contributed by atoms with van der Waals surface area (Å²) in [6.07, 6.45) is 1.73. The minimum Gasteiger partial charge on any atom is -0.321 e. The van der Waals surface area contributed by atoms with Crippen molar-refractivity contribution in [2.45, 2.75) is 24.7 Å². The van der Waals surface area contributed by atoms with Gasteiger partial charge in [-0.3, -0.25) is 4.79 Å². The number of carbonyl (C=O) groups is 1. The Morgan fingerprint density at radius 1 is 1.07 bits per heavy atom. The lowest BCUT2D eigenvalue weighted by atomic mass is 10.0. The van der Waals surface area contributed by atoms with E-state index < -0.39 is 10.0 Å². The van der Waals surface area contributed by atoms with Crippen LogP contribution >= 0.6 is 23.2 Å². The molecule has 3 rings (SSSR count). The summed E-state index contributed by atoms with van der Waals surface area (Å²) >= 11 is 11.9. The lowest BCUT2D eigenvalue weighted by Crippen LogP contribution is -2.37. The molecule has 0 aliphatic carbocycles. The maximum atomic E-state index is 12.7. The van der Waals surface area contributed by atoms with Crippen LogP contribution in [0.1, 0.15) is 30.1 Å². The normalized spacial score (nSPS) is 16.3. The van der Waals surface area contributed by atoms with E-state index in [1.807, 2.05) is 0 Å². The van der Waals surface area contributed by atoms with Gasteiger partial charge in [0.25, 0.3) is 5.91 Å². The molecule has 2 aromatic rings. The molecule has 1 aliphatic rings. The lowest BCUT2D eigenvalue weighted by molar-refractivity contribution is 0.102. The average molecular weight is 427 g/mol. The molecule has 0 spiro atoms. The van der Waals surface area contributed by atoms with Crippen molar-refractivity contribution in [3.63, 3.8) is 0 Å². The maximum Gasteiger partial charge on any atom is 0.255 e. The lowest BCUT2D eigenvalue weighted by Gasteiger charge is -2.29. The summed E-state index contributed by atoms with van der Waals surface area (Å²) in [5.41, 5.74) is 0.775. The van der Waals surface area contributed by atoms with Crippen LogP contribution in [0, 0.1) is 5.92 Å². The van der Waals surface area contributed by atoms with Gasteiger partial charge in [0.1, 0.15) is 0 Å². The van der Waals surface area contributed by atoms with E-state index in [1.54, 1.807) is 12.1 Å². The first-order valence-corrected chi connectivity index (χ1v) is 10.8. The Morgan fingerprint density at radius 2 is 1.70 bits per heavy atom. The molecule has 0 atom stereocenters. The molecule has 0 saturated carbocycles. The highest BCUT2D eigenvalue weighted by atomic mass is 35.5. The molecule has 1 N–H and O–H groups in total. The number of piperidine rings is 1. The highest BCUT2D eigenvalue weighted by Crippen LogP contribution is 2.26. The molecule has 0 unspecified atom stereocenters. The van der Waals surface area contributed by atoms with Crippen molar-refractivity contribution in [1.82, 2.24) is 4.31 Å². The number of amides is 1. The molecular weight excluding hydrogens is 407 g/mol. The Morgan fingerprint density at radius 3 is 2.30 bits per heavy atom. The van der Waals surface area contributed by atoms with Crippen LogP contribution < -0.4 is 5.32 Å². The van der Waals surface area contributed by atoms with Crippen molar-refractivity contribution in [2.75, 3.05) is 18.4 Å². The minimum absolute atomic E-state index is 0.193. The highest BCUT2D eigenvalue weighted by Gasteiger charge is 2.28. The Kier molecular flexibility index (Phi) is 6.11. The zero-order chi connectivity index (χ0) is 19.6. The van der Waals surface area contributed by atoms with Gasteiger partial charge >= 0.3 is 0 Å². The number of hydrogen-bond donors (Lipinski definition) is 1. The molecule has 1 aliphatic heterocycles. The molecule has 27 heavy (non-hydrogen) atoms. The number of carbonyl (C=O) groups excluding carboxylic acids is 1. The maximum absolute atomic E-state index is 12.7. The van der Waals surface area contributed by atoms with Crippen LogP contribution in [0.25, 0.3) is 0 Å². The number of rotatable bonds is 4. The Balaban J connectivity index is 1.73. The van der Waals surface area contributed by atoms with E-state index in [-0.39, 0.29) is 10.8 Å². The summed E-state index contributed by atoms with van der Waals surface area (Å²) in [6.45, 7) is 3.19. The van der Waals surface area contributed by atoms with Gasteiger partial charge in [-0.2, -0.15) is 4.31 Å². The molecule has 8 heteroatoms. The molecule has 2 aromatic carbocycles. The van der Waals surface area contributed by atoms with Crippen LogP contribution in [0.3, 0.4) is 0 Å². The number of nitrogens with one attached hydrogen (secondary N) is 1. The van der Waals surface area contributed by atoms with Gasteiger partial charge in [-0.1, -0.05) is 30.1 Å². The van der Waals surface area contributed by atoms with Crippen molar-refractivity contribution in [1.29, 1.82) is 0 Å². The van der Waals surface area contributed by atoms with Gasteiger partial charge in [-0.25, -0.2) is 8.42 Å². The van der Waals surface area contributed by atoms with Gasteiger partial charge in [0.05, 0.1) is 15.6 Å². The average Bonchev–Trinajstić information content (AvgIpc) is 2.64. The van der Waals surface area contributed by atoms with Gasteiger partial charge < -0.3 is 5.32 Å². The Hall–Kier alpha value is -1.60. The number of nitrogens with zero attached hydrogens (tertiary/aromatic N) is 1. The third kappa shape index (κ3) is 4.63. The first-order chi connectivity index (χ1) is 12.8. The minimum atomic E-state index is -3.53. The molecule has 5 nitrogen and oxygen atoms in total. The summed E-state index contributed by atoms with van der Waals surface area (Å²) < 4.78 is 27.0. The third-order valence-corrected chi connectivity index (χ3v) is 7.14. The van der Waals surface area contributed by atoms with Crippen molar-refractivity contribution in [3.8, 4) is 0 Å². The second kappa shape index (κ2) is 8.19. The Bertz CT molecular complexity index is 938. The van der Waals surface area contributed by atoms with Gasteiger partial charge in [-0.15, -0.1) is 0 Å². The third-order valence-electron chi connectivity index (χ3n) is 4.68. The summed E-state index contributed by atoms with van der Waals surface area (Å²) in [5, 5.41) is 3.49. The molecule has 1 amide bonds. The molecule has 1 heterocycles. The molecule has 144 valence electrons. The zero-order valence-corrected chi connectivity index (χ0v) is 17.1.